The number of sulfonamides is 1. The lowest BCUT2D eigenvalue weighted by Gasteiger charge is -2.15. The monoisotopic (exact) mass is 575 g/mol. The molecule has 41 heavy (non-hydrogen) atoms. The van der Waals surface area contributed by atoms with Gasteiger partial charge in [0.2, 0.25) is 10.0 Å². The summed E-state index contributed by atoms with van der Waals surface area (Å²) in [6.45, 7) is 0.675. The molecule has 0 saturated carbocycles. The number of carboxylic acids is 1. The molecule has 0 spiro atoms. The molecule has 0 unspecified atom stereocenters. The standard InChI is InChI=1S/C29H29N5O6S/c35-27-23-16-20(12-7-15-30-29(38)31-18-21-8-3-1-4-9-21)13-14-24(23)32-26(33-27)17-25(28(36)37)34-41(39,40)19-22-10-5-2-6-11-22/h1-14,16,25,34H,15,17-19H2,(H,36,37)(H2,30,31,38)(H,32,33,35)/t25-/m0/s1. The molecule has 12 heteroatoms. The molecule has 212 valence electrons. The Kier molecular flexibility index (Phi) is 9.61. The average Bonchev–Trinajstić information content (AvgIpc) is 2.95. The number of rotatable bonds is 12. The van der Waals surface area contributed by atoms with Crippen molar-refractivity contribution in [2.45, 2.75) is 24.8 Å². The molecule has 0 aliphatic heterocycles. The van der Waals surface area contributed by atoms with Gasteiger partial charge in [0.15, 0.2) is 0 Å². The highest BCUT2D eigenvalue weighted by Gasteiger charge is 2.26. The van der Waals surface area contributed by atoms with Crippen molar-refractivity contribution in [3.63, 3.8) is 0 Å². The zero-order chi connectivity index (χ0) is 29.2. The number of hydrogen-bond acceptors (Lipinski definition) is 6. The van der Waals surface area contributed by atoms with Gasteiger partial charge in [-0.25, -0.2) is 22.9 Å². The Morgan fingerprint density at radius 1 is 0.951 bits per heavy atom. The zero-order valence-electron chi connectivity index (χ0n) is 21.9. The first-order valence-corrected chi connectivity index (χ1v) is 14.4. The lowest BCUT2D eigenvalue weighted by atomic mass is 10.1. The van der Waals surface area contributed by atoms with E-state index in [4.69, 9.17) is 0 Å². The molecule has 2 amide bonds. The van der Waals surface area contributed by atoms with Crippen molar-refractivity contribution in [1.82, 2.24) is 25.3 Å². The molecular weight excluding hydrogens is 546 g/mol. The van der Waals surface area contributed by atoms with Gasteiger partial charge in [0.1, 0.15) is 11.9 Å². The summed E-state index contributed by atoms with van der Waals surface area (Å²) >= 11 is 0. The molecule has 0 radical (unpaired) electrons. The molecule has 0 saturated heterocycles. The number of fused-ring (bicyclic) bond motifs is 1. The fraction of sp³-hybridized carbons (Fsp3) is 0.172. The second kappa shape index (κ2) is 13.5. The van der Waals surface area contributed by atoms with Crippen molar-refractivity contribution >= 4 is 39.0 Å². The van der Waals surface area contributed by atoms with Crippen LogP contribution in [0.15, 0.2) is 89.7 Å². The normalized spacial score (nSPS) is 12.3. The van der Waals surface area contributed by atoms with Crippen molar-refractivity contribution in [2.75, 3.05) is 6.54 Å². The molecule has 0 bridgehead atoms. The van der Waals surface area contributed by atoms with Crippen molar-refractivity contribution in [3.05, 3.63) is 118 Å². The van der Waals surface area contributed by atoms with Crippen LogP contribution in [0.4, 0.5) is 4.79 Å². The molecule has 0 aliphatic rings. The first-order chi connectivity index (χ1) is 19.7. The highest BCUT2D eigenvalue weighted by molar-refractivity contribution is 7.88. The van der Waals surface area contributed by atoms with E-state index in [2.05, 4.69) is 25.3 Å². The molecule has 11 nitrogen and oxygen atoms in total. The number of urea groups is 1. The predicted molar refractivity (Wildman–Crippen MR) is 155 cm³/mol. The van der Waals surface area contributed by atoms with E-state index in [1.54, 1.807) is 60.7 Å². The Morgan fingerprint density at radius 3 is 2.32 bits per heavy atom. The van der Waals surface area contributed by atoms with Crippen LogP contribution < -0.4 is 20.9 Å². The Labute approximate surface area is 236 Å². The Balaban J connectivity index is 1.36. The quantitative estimate of drug-likeness (QED) is 0.173. The van der Waals surface area contributed by atoms with Gasteiger partial charge in [-0.3, -0.25) is 9.59 Å². The number of hydrogen-bond donors (Lipinski definition) is 5. The van der Waals surface area contributed by atoms with E-state index in [1.165, 1.54) is 0 Å². The van der Waals surface area contributed by atoms with E-state index < -0.39 is 27.6 Å². The van der Waals surface area contributed by atoms with Gasteiger partial charge in [0.05, 0.1) is 16.7 Å². The third-order valence-electron chi connectivity index (χ3n) is 5.98. The maximum Gasteiger partial charge on any atom is 0.322 e. The van der Waals surface area contributed by atoms with Crippen LogP contribution in [0.5, 0.6) is 0 Å². The van der Waals surface area contributed by atoms with Gasteiger partial charge < -0.3 is 20.7 Å². The number of aromatic nitrogens is 2. The molecule has 4 aromatic rings. The third kappa shape index (κ3) is 8.85. The van der Waals surface area contributed by atoms with E-state index in [-0.39, 0.29) is 36.0 Å². The number of carboxylic acid groups (broad SMARTS) is 1. The van der Waals surface area contributed by atoms with E-state index in [9.17, 15) is 27.9 Å². The Hall–Kier alpha value is -4.81. The molecule has 0 fully saturated rings. The first kappa shape index (κ1) is 29.2. The van der Waals surface area contributed by atoms with Crippen molar-refractivity contribution < 1.29 is 23.1 Å². The number of carbonyl (C=O) groups excluding carboxylic acids is 1. The van der Waals surface area contributed by atoms with Crippen LogP contribution in [0.2, 0.25) is 0 Å². The van der Waals surface area contributed by atoms with Crippen LogP contribution in [0.3, 0.4) is 0 Å². The van der Waals surface area contributed by atoms with Crippen LogP contribution in [0, 0.1) is 0 Å². The Morgan fingerprint density at radius 2 is 1.63 bits per heavy atom. The van der Waals surface area contributed by atoms with Crippen LogP contribution >= 0.6 is 0 Å². The third-order valence-corrected chi connectivity index (χ3v) is 7.34. The van der Waals surface area contributed by atoms with Crippen LogP contribution in [0.1, 0.15) is 22.5 Å². The molecule has 1 atom stereocenters. The summed E-state index contributed by atoms with van der Waals surface area (Å²) in [6, 6.07) is 21.0. The van der Waals surface area contributed by atoms with Gasteiger partial charge in [-0.1, -0.05) is 78.9 Å². The number of nitrogens with zero attached hydrogens (tertiary/aromatic N) is 1. The smallest absolute Gasteiger partial charge is 0.322 e. The number of amides is 2. The summed E-state index contributed by atoms with van der Waals surface area (Å²) in [5.74, 6) is -1.75. The van der Waals surface area contributed by atoms with Crippen molar-refractivity contribution in [3.8, 4) is 0 Å². The number of aromatic amines is 1. The lowest BCUT2D eigenvalue weighted by Crippen LogP contribution is -2.43. The summed E-state index contributed by atoms with van der Waals surface area (Å²) in [7, 11) is -3.98. The maximum atomic E-state index is 12.8. The van der Waals surface area contributed by atoms with Gasteiger partial charge >= 0.3 is 12.0 Å². The second-order valence-electron chi connectivity index (χ2n) is 9.20. The molecular formula is C29H29N5O6S. The number of H-pyrrole nitrogens is 1. The van der Waals surface area contributed by atoms with Gasteiger partial charge in [0, 0.05) is 19.5 Å². The molecule has 1 aromatic heterocycles. The van der Waals surface area contributed by atoms with E-state index in [0.29, 0.717) is 23.2 Å². The molecule has 3 aromatic carbocycles. The summed E-state index contributed by atoms with van der Waals surface area (Å²) in [5.41, 5.74) is 2.03. The van der Waals surface area contributed by atoms with Gasteiger partial charge in [-0.2, -0.15) is 0 Å². The Bertz CT molecular complexity index is 1710. The first-order valence-electron chi connectivity index (χ1n) is 12.7. The highest BCUT2D eigenvalue weighted by atomic mass is 32.2. The summed E-state index contributed by atoms with van der Waals surface area (Å²) < 4.78 is 27.3. The number of nitrogens with one attached hydrogen (secondary N) is 4. The topological polar surface area (TPSA) is 170 Å². The molecule has 5 N–H and O–H groups in total. The summed E-state index contributed by atoms with van der Waals surface area (Å²) in [4.78, 5) is 43.4. The fourth-order valence-corrected chi connectivity index (χ4v) is 5.35. The van der Waals surface area contributed by atoms with Crippen molar-refractivity contribution in [1.29, 1.82) is 0 Å². The zero-order valence-corrected chi connectivity index (χ0v) is 22.7. The van der Waals surface area contributed by atoms with Gasteiger partial charge in [-0.15, -0.1) is 0 Å². The fourth-order valence-electron chi connectivity index (χ4n) is 4.02. The molecule has 4 rings (SSSR count). The maximum absolute atomic E-state index is 12.8. The summed E-state index contributed by atoms with van der Waals surface area (Å²) in [5, 5.41) is 15.4. The predicted octanol–water partition coefficient (Wildman–Crippen LogP) is 2.55. The van der Waals surface area contributed by atoms with Crippen LogP contribution in [0.25, 0.3) is 17.0 Å². The summed E-state index contributed by atoms with van der Waals surface area (Å²) in [6.07, 6.45) is 3.12. The lowest BCUT2D eigenvalue weighted by molar-refractivity contribution is -0.139. The minimum atomic E-state index is -3.98. The minimum Gasteiger partial charge on any atom is -0.480 e. The highest BCUT2D eigenvalue weighted by Crippen LogP contribution is 2.13. The van der Waals surface area contributed by atoms with Crippen molar-refractivity contribution in [2.24, 2.45) is 0 Å². The number of carbonyl (C=O) groups is 2. The largest absolute Gasteiger partial charge is 0.480 e. The average molecular weight is 576 g/mol. The van der Waals surface area contributed by atoms with Crippen LogP contribution in [-0.2, 0) is 33.5 Å². The number of aliphatic carboxylic acids is 1. The molecule has 1 heterocycles. The van der Waals surface area contributed by atoms with E-state index in [1.807, 2.05) is 30.3 Å². The van der Waals surface area contributed by atoms with Gasteiger partial charge in [0.25, 0.3) is 5.56 Å². The molecule has 0 aliphatic carbocycles. The second-order valence-corrected chi connectivity index (χ2v) is 11.0. The number of benzene rings is 3. The van der Waals surface area contributed by atoms with Gasteiger partial charge in [-0.05, 0) is 28.8 Å². The SMILES string of the molecule is O=C(NCC=Cc1ccc2nc(C[C@H](NS(=O)(=O)Cc3ccccc3)C(=O)O)[nH]c(=O)c2c1)NCc1ccccc1. The van der Waals surface area contributed by atoms with Crippen LogP contribution in [-0.4, -0.2) is 48.1 Å². The minimum absolute atomic E-state index is 0.0336. The van der Waals surface area contributed by atoms with E-state index in [0.717, 1.165) is 5.56 Å². The van der Waals surface area contributed by atoms with E-state index >= 15 is 0 Å².